The molecule has 5 nitrogen and oxygen atoms in total. The molecule has 0 spiro atoms. The van der Waals surface area contributed by atoms with Crippen molar-refractivity contribution in [2.75, 3.05) is 0 Å². The number of hydrogen-bond donors (Lipinski definition) is 0. The van der Waals surface area contributed by atoms with E-state index >= 15 is 0 Å². The molecule has 5 heteroatoms. The summed E-state index contributed by atoms with van der Waals surface area (Å²) in [4.78, 5) is 21.6. The fourth-order valence-corrected chi connectivity index (χ4v) is 4.21. The predicted molar refractivity (Wildman–Crippen MR) is 135 cm³/mol. The van der Waals surface area contributed by atoms with Crippen molar-refractivity contribution in [1.29, 1.82) is 0 Å². The number of allylic oxidation sites excluding steroid dienone is 5. The van der Waals surface area contributed by atoms with Crippen molar-refractivity contribution in [1.82, 2.24) is 4.90 Å². The Bertz CT molecular complexity index is 1330. The second kappa shape index (κ2) is 7.78. The maximum Gasteiger partial charge on any atom is 0.239 e. The van der Waals surface area contributed by atoms with Crippen LogP contribution in [0.1, 0.15) is 28.7 Å². The summed E-state index contributed by atoms with van der Waals surface area (Å²) in [5, 5.41) is 0. The molecule has 4 aliphatic rings. The molecule has 0 saturated heterocycles. The summed E-state index contributed by atoms with van der Waals surface area (Å²) in [6.07, 6.45) is 13.5. The molecule has 0 radical (unpaired) electrons. The van der Waals surface area contributed by atoms with E-state index in [1.54, 1.807) is 0 Å². The Morgan fingerprint density at radius 3 is 2.12 bits per heavy atom. The standard InChI is InChI=1S/C28H23N5/c1-18-8-12-20(13-9-18)24-16-23-17-25(21-14-10-19(2)11-15-21)30-28-32-26(22-6-4-3-5-7-22)31-27(29-24)33(23)28/h3-6,8-17,22H,7H2,1-2H3. The van der Waals surface area contributed by atoms with E-state index in [0.717, 1.165) is 40.5 Å². The lowest BCUT2D eigenvalue weighted by Crippen LogP contribution is -2.42. The van der Waals surface area contributed by atoms with Crippen LogP contribution in [0.25, 0.3) is 5.70 Å². The molecule has 160 valence electrons. The molecule has 2 aromatic carbocycles. The van der Waals surface area contributed by atoms with E-state index < -0.39 is 0 Å². The van der Waals surface area contributed by atoms with Crippen molar-refractivity contribution in [2.45, 2.75) is 20.3 Å². The molecule has 0 amide bonds. The van der Waals surface area contributed by atoms with Gasteiger partial charge in [0.2, 0.25) is 11.9 Å². The average molecular weight is 430 g/mol. The van der Waals surface area contributed by atoms with Gasteiger partial charge in [-0.05, 0) is 32.4 Å². The number of benzene rings is 2. The largest absolute Gasteiger partial charge is 0.246 e. The summed E-state index contributed by atoms with van der Waals surface area (Å²) in [6, 6.07) is 16.9. The summed E-state index contributed by atoms with van der Waals surface area (Å²) >= 11 is 0. The van der Waals surface area contributed by atoms with E-state index in [0.29, 0.717) is 11.9 Å². The Kier molecular flexibility index (Phi) is 4.61. The summed E-state index contributed by atoms with van der Waals surface area (Å²) in [7, 11) is 0. The Morgan fingerprint density at radius 1 is 0.727 bits per heavy atom. The zero-order valence-electron chi connectivity index (χ0n) is 18.6. The molecular formula is C28H23N5. The highest BCUT2D eigenvalue weighted by Crippen LogP contribution is 2.32. The molecule has 0 N–H and O–H groups in total. The van der Waals surface area contributed by atoms with Crippen molar-refractivity contribution < 1.29 is 0 Å². The number of nitrogens with zero attached hydrogens (tertiary/aromatic N) is 5. The molecule has 0 fully saturated rings. The van der Waals surface area contributed by atoms with Crippen LogP contribution < -0.4 is 0 Å². The summed E-state index contributed by atoms with van der Waals surface area (Å²) < 4.78 is 0. The zero-order chi connectivity index (χ0) is 22.4. The topological polar surface area (TPSA) is 52.7 Å². The number of rotatable bonds is 3. The van der Waals surface area contributed by atoms with Gasteiger partial charge in [0.25, 0.3) is 0 Å². The fourth-order valence-electron chi connectivity index (χ4n) is 4.21. The predicted octanol–water partition coefficient (Wildman–Crippen LogP) is 5.60. The van der Waals surface area contributed by atoms with Gasteiger partial charge in [-0.25, -0.2) is 14.9 Å². The van der Waals surface area contributed by atoms with Crippen molar-refractivity contribution in [2.24, 2.45) is 25.9 Å². The smallest absolute Gasteiger partial charge is 0.239 e. The number of aryl methyl sites for hydroxylation is 2. The van der Waals surface area contributed by atoms with Crippen LogP contribution in [-0.4, -0.2) is 28.4 Å². The Morgan fingerprint density at radius 2 is 1.42 bits per heavy atom. The summed E-state index contributed by atoms with van der Waals surface area (Å²) in [5.74, 6) is 2.11. The SMILES string of the molecule is Cc1ccc(C2=CC3=CC(c4ccc(C)cc4)=NC4=NC(C5C=CC=CC5)=NC(=N2)N34)cc1. The molecule has 0 aromatic heterocycles. The van der Waals surface area contributed by atoms with Crippen LogP contribution in [-0.2, 0) is 0 Å². The van der Waals surface area contributed by atoms with Crippen molar-refractivity contribution in [3.05, 3.63) is 113 Å². The van der Waals surface area contributed by atoms with Gasteiger partial charge in [-0.1, -0.05) is 84.0 Å². The van der Waals surface area contributed by atoms with Crippen LogP contribution in [0, 0.1) is 19.8 Å². The average Bonchev–Trinajstić information content (AvgIpc) is 2.85. The number of aliphatic imine (C=N–C) groups is 4. The Balaban J connectivity index is 1.50. The Labute approximate surface area is 193 Å². The van der Waals surface area contributed by atoms with E-state index in [1.165, 1.54) is 11.1 Å². The van der Waals surface area contributed by atoms with Crippen LogP contribution in [0.2, 0.25) is 0 Å². The second-order valence-electron chi connectivity index (χ2n) is 8.61. The molecule has 1 aliphatic carbocycles. The molecule has 1 unspecified atom stereocenters. The van der Waals surface area contributed by atoms with Gasteiger partial charge >= 0.3 is 0 Å². The first-order valence-corrected chi connectivity index (χ1v) is 11.2. The van der Waals surface area contributed by atoms with Gasteiger partial charge in [0, 0.05) is 17.0 Å². The first-order valence-electron chi connectivity index (χ1n) is 11.2. The lowest BCUT2D eigenvalue weighted by Gasteiger charge is -2.33. The van der Waals surface area contributed by atoms with Gasteiger partial charge in [-0.3, -0.25) is 0 Å². The van der Waals surface area contributed by atoms with Gasteiger partial charge in [-0.2, -0.15) is 9.98 Å². The monoisotopic (exact) mass is 429 g/mol. The maximum atomic E-state index is 4.92. The van der Waals surface area contributed by atoms with Crippen molar-refractivity contribution in [3.63, 3.8) is 0 Å². The molecule has 6 rings (SSSR count). The van der Waals surface area contributed by atoms with Gasteiger partial charge in [0.05, 0.1) is 17.1 Å². The van der Waals surface area contributed by atoms with Gasteiger partial charge in [0.1, 0.15) is 5.84 Å². The van der Waals surface area contributed by atoms with Crippen LogP contribution >= 0.6 is 0 Å². The lowest BCUT2D eigenvalue weighted by molar-refractivity contribution is 0.726. The van der Waals surface area contributed by atoms with E-state index in [4.69, 9.17) is 20.0 Å². The van der Waals surface area contributed by atoms with Crippen LogP contribution in [0.3, 0.4) is 0 Å². The third-order valence-electron chi connectivity index (χ3n) is 6.10. The van der Waals surface area contributed by atoms with E-state index in [-0.39, 0.29) is 5.92 Å². The first-order chi connectivity index (χ1) is 16.1. The highest BCUT2D eigenvalue weighted by molar-refractivity contribution is 6.24. The number of hydrogen-bond acceptors (Lipinski definition) is 5. The van der Waals surface area contributed by atoms with Gasteiger partial charge in [-0.15, -0.1) is 0 Å². The van der Waals surface area contributed by atoms with Crippen molar-refractivity contribution >= 4 is 29.2 Å². The van der Waals surface area contributed by atoms with Gasteiger partial charge < -0.3 is 0 Å². The minimum atomic E-state index is 0.119. The molecule has 2 aromatic rings. The maximum absolute atomic E-state index is 4.92. The first kappa shape index (κ1) is 19.6. The molecule has 0 saturated carbocycles. The number of amidine groups is 1. The lowest BCUT2D eigenvalue weighted by atomic mass is 9.99. The van der Waals surface area contributed by atoms with E-state index in [9.17, 15) is 0 Å². The minimum absolute atomic E-state index is 0.119. The molecule has 0 bridgehead atoms. The quantitative estimate of drug-likeness (QED) is 0.626. The normalized spacial score (nSPS) is 20.8. The van der Waals surface area contributed by atoms with Crippen LogP contribution in [0.4, 0.5) is 0 Å². The second-order valence-corrected chi connectivity index (χ2v) is 8.61. The van der Waals surface area contributed by atoms with Crippen molar-refractivity contribution in [3.8, 4) is 0 Å². The fraction of sp³-hybridized carbons (Fsp3) is 0.143. The molecule has 3 aliphatic heterocycles. The van der Waals surface area contributed by atoms with Crippen LogP contribution in [0.15, 0.2) is 111 Å². The summed E-state index contributed by atoms with van der Waals surface area (Å²) in [5.41, 5.74) is 7.33. The Hall–Kier alpha value is -4.12. The van der Waals surface area contributed by atoms with E-state index in [2.05, 4.69) is 98.8 Å². The molecule has 1 atom stereocenters. The highest BCUT2D eigenvalue weighted by Gasteiger charge is 2.34. The summed E-state index contributed by atoms with van der Waals surface area (Å²) in [6.45, 7) is 4.18. The van der Waals surface area contributed by atoms with Crippen LogP contribution in [0.5, 0.6) is 0 Å². The third kappa shape index (κ3) is 3.61. The number of guanidine groups is 2. The molecular weight excluding hydrogens is 406 g/mol. The third-order valence-corrected chi connectivity index (χ3v) is 6.10. The van der Waals surface area contributed by atoms with E-state index in [1.807, 2.05) is 4.90 Å². The molecule has 3 heterocycles. The van der Waals surface area contributed by atoms with Gasteiger partial charge in [0.15, 0.2) is 0 Å². The molecule has 33 heavy (non-hydrogen) atoms. The zero-order valence-corrected chi connectivity index (χ0v) is 18.6. The minimum Gasteiger partial charge on any atom is -0.246 e. The highest BCUT2D eigenvalue weighted by atomic mass is 15.4.